The van der Waals surface area contributed by atoms with E-state index in [-0.39, 0.29) is 0 Å². The molecule has 2 rings (SSSR count). The smallest absolute Gasteiger partial charge is 0.345 e. The first kappa shape index (κ1) is 18.1. The number of carboxylic acid groups (broad SMARTS) is 1. The van der Waals surface area contributed by atoms with Crippen molar-refractivity contribution < 1.29 is 14.6 Å². The molecular weight excluding hydrogens is 300 g/mol. The maximum absolute atomic E-state index is 11.6. The first-order chi connectivity index (χ1) is 11.5. The SMILES string of the molecule is CCCCc1ccc(C[C@H](Oc2cc(C)cc(C)c2)C(=O)O)cc1. The summed E-state index contributed by atoms with van der Waals surface area (Å²) < 4.78 is 5.74. The van der Waals surface area contributed by atoms with Crippen LogP contribution in [-0.4, -0.2) is 17.2 Å². The Labute approximate surface area is 144 Å². The highest BCUT2D eigenvalue weighted by atomic mass is 16.5. The van der Waals surface area contributed by atoms with Crippen LogP contribution in [0.4, 0.5) is 0 Å². The van der Waals surface area contributed by atoms with Gasteiger partial charge < -0.3 is 9.84 Å². The lowest BCUT2D eigenvalue weighted by molar-refractivity contribution is -0.145. The third-order valence-corrected chi connectivity index (χ3v) is 4.01. The van der Waals surface area contributed by atoms with E-state index in [2.05, 4.69) is 19.1 Å². The minimum Gasteiger partial charge on any atom is -0.478 e. The molecule has 0 aromatic heterocycles. The zero-order valence-electron chi connectivity index (χ0n) is 14.7. The zero-order valence-corrected chi connectivity index (χ0v) is 14.7. The number of aryl methyl sites for hydroxylation is 3. The molecule has 0 fully saturated rings. The molecule has 1 N–H and O–H groups in total. The first-order valence-electron chi connectivity index (χ1n) is 8.53. The maximum atomic E-state index is 11.6. The summed E-state index contributed by atoms with van der Waals surface area (Å²) >= 11 is 0. The minimum absolute atomic E-state index is 0.358. The number of hydrogen-bond donors (Lipinski definition) is 1. The lowest BCUT2D eigenvalue weighted by Crippen LogP contribution is -2.29. The molecule has 0 amide bonds. The molecule has 1 atom stereocenters. The number of ether oxygens (including phenoxy) is 1. The quantitative estimate of drug-likeness (QED) is 0.763. The number of carboxylic acids is 1. The van der Waals surface area contributed by atoms with Gasteiger partial charge in [0.1, 0.15) is 5.75 Å². The maximum Gasteiger partial charge on any atom is 0.345 e. The van der Waals surface area contributed by atoms with Crippen molar-refractivity contribution in [2.45, 2.75) is 52.6 Å². The fourth-order valence-electron chi connectivity index (χ4n) is 2.78. The molecule has 3 nitrogen and oxygen atoms in total. The van der Waals surface area contributed by atoms with Crippen molar-refractivity contribution in [2.24, 2.45) is 0 Å². The van der Waals surface area contributed by atoms with Crippen LogP contribution in [0.1, 0.15) is 42.0 Å². The van der Waals surface area contributed by atoms with Crippen LogP contribution >= 0.6 is 0 Å². The highest BCUT2D eigenvalue weighted by Gasteiger charge is 2.20. The Morgan fingerprint density at radius 1 is 1.04 bits per heavy atom. The Bertz CT molecular complexity index is 654. The van der Waals surface area contributed by atoms with Crippen molar-refractivity contribution in [3.05, 3.63) is 64.7 Å². The molecule has 0 radical (unpaired) electrons. The molecule has 2 aromatic carbocycles. The second-order valence-electron chi connectivity index (χ2n) is 6.39. The van der Waals surface area contributed by atoms with Crippen molar-refractivity contribution in [2.75, 3.05) is 0 Å². The summed E-state index contributed by atoms with van der Waals surface area (Å²) in [5.41, 5.74) is 4.40. The first-order valence-corrected chi connectivity index (χ1v) is 8.53. The molecule has 0 aliphatic heterocycles. The Morgan fingerprint density at radius 2 is 1.62 bits per heavy atom. The van der Waals surface area contributed by atoms with Crippen molar-refractivity contribution >= 4 is 5.97 Å². The normalized spacial score (nSPS) is 12.0. The number of carbonyl (C=O) groups is 1. The summed E-state index contributed by atoms with van der Waals surface area (Å²) in [6, 6.07) is 14.0. The second kappa shape index (κ2) is 8.53. The molecule has 2 aromatic rings. The van der Waals surface area contributed by atoms with Crippen LogP contribution in [0.3, 0.4) is 0 Å². The molecule has 3 heteroatoms. The van der Waals surface area contributed by atoms with E-state index < -0.39 is 12.1 Å². The van der Waals surface area contributed by atoms with Gasteiger partial charge in [-0.3, -0.25) is 0 Å². The summed E-state index contributed by atoms with van der Waals surface area (Å²) in [5.74, 6) is -0.330. The zero-order chi connectivity index (χ0) is 17.5. The molecule has 0 heterocycles. The third-order valence-electron chi connectivity index (χ3n) is 4.01. The lowest BCUT2D eigenvalue weighted by Gasteiger charge is -2.16. The molecule has 0 bridgehead atoms. The molecule has 0 aliphatic rings. The summed E-state index contributed by atoms with van der Waals surface area (Å²) in [5, 5.41) is 9.48. The van der Waals surface area contributed by atoms with E-state index in [0.29, 0.717) is 12.2 Å². The molecule has 128 valence electrons. The summed E-state index contributed by atoms with van der Waals surface area (Å²) in [6.45, 7) is 6.13. The van der Waals surface area contributed by atoms with Gasteiger partial charge in [-0.25, -0.2) is 4.79 Å². The van der Waals surface area contributed by atoms with E-state index in [9.17, 15) is 9.90 Å². The van der Waals surface area contributed by atoms with Crippen molar-refractivity contribution in [3.63, 3.8) is 0 Å². The Morgan fingerprint density at radius 3 is 2.17 bits per heavy atom. The van der Waals surface area contributed by atoms with E-state index in [4.69, 9.17) is 4.74 Å². The minimum atomic E-state index is -0.941. The van der Waals surface area contributed by atoms with Crippen molar-refractivity contribution in [1.82, 2.24) is 0 Å². The van der Waals surface area contributed by atoms with E-state index >= 15 is 0 Å². The van der Waals surface area contributed by atoms with Crippen LogP contribution in [0.15, 0.2) is 42.5 Å². The molecule has 0 saturated heterocycles. The molecule has 0 saturated carbocycles. The van der Waals surface area contributed by atoms with Gasteiger partial charge in [-0.15, -0.1) is 0 Å². The summed E-state index contributed by atoms with van der Waals surface area (Å²) in [6.07, 6.45) is 2.89. The number of hydrogen-bond acceptors (Lipinski definition) is 2. The highest BCUT2D eigenvalue weighted by Crippen LogP contribution is 2.19. The van der Waals surface area contributed by atoms with Gasteiger partial charge >= 0.3 is 5.97 Å². The second-order valence-corrected chi connectivity index (χ2v) is 6.39. The molecule has 0 spiro atoms. The average molecular weight is 326 g/mol. The monoisotopic (exact) mass is 326 g/mol. The van der Waals surface area contributed by atoms with Crippen molar-refractivity contribution in [1.29, 1.82) is 0 Å². The van der Waals surface area contributed by atoms with Gasteiger partial charge in [0, 0.05) is 6.42 Å². The third kappa shape index (κ3) is 5.41. The summed E-state index contributed by atoms with van der Waals surface area (Å²) in [7, 11) is 0. The molecular formula is C21H26O3. The molecule has 0 unspecified atom stereocenters. The summed E-state index contributed by atoms with van der Waals surface area (Å²) in [4.78, 5) is 11.6. The van der Waals surface area contributed by atoms with Crippen LogP contribution in [-0.2, 0) is 17.6 Å². The van der Waals surface area contributed by atoms with Gasteiger partial charge in [0.15, 0.2) is 6.10 Å². The molecule has 0 aliphatic carbocycles. The topological polar surface area (TPSA) is 46.5 Å². The Balaban J connectivity index is 2.06. The van der Waals surface area contributed by atoms with Crippen LogP contribution in [0.5, 0.6) is 5.75 Å². The predicted molar refractivity (Wildman–Crippen MR) is 96.7 cm³/mol. The van der Waals surface area contributed by atoms with E-state index in [1.54, 1.807) is 0 Å². The largest absolute Gasteiger partial charge is 0.478 e. The van der Waals surface area contributed by atoms with Crippen LogP contribution in [0.2, 0.25) is 0 Å². The van der Waals surface area contributed by atoms with Gasteiger partial charge in [0.25, 0.3) is 0 Å². The number of aliphatic carboxylic acids is 1. The van der Waals surface area contributed by atoms with E-state index in [1.165, 1.54) is 18.4 Å². The van der Waals surface area contributed by atoms with Gasteiger partial charge in [0.2, 0.25) is 0 Å². The van der Waals surface area contributed by atoms with E-state index in [0.717, 1.165) is 23.1 Å². The van der Waals surface area contributed by atoms with Crippen molar-refractivity contribution in [3.8, 4) is 5.75 Å². The van der Waals surface area contributed by atoms with Crippen LogP contribution < -0.4 is 4.74 Å². The Kier molecular flexibility index (Phi) is 6.42. The number of unbranched alkanes of at least 4 members (excludes halogenated alkanes) is 1. The van der Waals surface area contributed by atoms with Crippen LogP contribution in [0.25, 0.3) is 0 Å². The fraction of sp³-hybridized carbons (Fsp3) is 0.381. The van der Waals surface area contributed by atoms with Gasteiger partial charge in [0.05, 0.1) is 0 Å². The van der Waals surface area contributed by atoms with Gasteiger partial charge in [-0.05, 0) is 61.1 Å². The fourth-order valence-corrected chi connectivity index (χ4v) is 2.78. The van der Waals surface area contributed by atoms with Crippen LogP contribution in [0, 0.1) is 13.8 Å². The average Bonchev–Trinajstić information content (AvgIpc) is 2.52. The number of rotatable bonds is 8. The molecule has 24 heavy (non-hydrogen) atoms. The predicted octanol–water partition coefficient (Wildman–Crippen LogP) is 4.72. The van der Waals surface area contributed by atoms with E-state index in [1.807, 2.05) is 44.2 Å². The van der Waals surface area contributed by atoms with Gasteiger partial charge in [-0.1, -0.05) is 43.7 Å². The standard InChI is InChI=1S/C21H26O3/c1-4-5-6-17-7-9-18(10-8-17)14-20(21(22)23)24-19-12-15(2)11-16(3)13-19/h7-13,20H,4-6,14H2,1-3H3,(H,22,23)/t20-/m0/s1. The lowest BCUT2D eigenvalue weighted by atomic mass is 10.0. The van der Waals surface area contributed by atoms with Gasteiger partial charge in [-0.2, -0.15) is 0 Å². The Hall–Kier alpha value is -2.29. The number of benzene rings is 2. The highest BCUT2D eigenvalue weighted by molar-refractivity contribution is 5.73.